The number of aliphatic hydroxyl groups is 1. The first-order chi connectivity index (χ1) is 10.8. The number of hydrogen-bond donors (Lipinski definition) is 2. The average molecular weight is 317 g/mol. The van der Waals surface area contributed by atoms with Crippen LogP contribution in [0.1, 0.15) is 58.6 Å². The van der Waals surface area contributed by atoms with Crippen molar-refractivity contribution in [3.8, 4) is 0 Å². The molecule has 1 saturated carbocycles. The normalized spacial score (nSPS) is 25.1. The number of benzene rings is 1. The van der Waals surface area contributed by atoms with Crippen LogP contribution >= 0.6 is 0 Å². The van der Waals surface area contributed by atoms with Crippen molar-refractivity contribution in [3.05, 3.63) is 35.9 Å². The van der Waals surface area contributed by atoms with Crippen molar-refractivity contribution in [3.63, 3.8) is 0 Å². The van der Waals surface area contributed by atoms with E-state index >= 15 is 0 Å². The highest BCUT2D eigenvalue weighted by Gasteiger charge is 2.39. The van der Waals surface area contributed by atoms with Crippen LogP contribution in [0.15, 0.2) is 30.3 Å². The number of amides is 1. The van der Waals surface area contributed by atoms with Crippen molar-refractivity contribution in [2.45, 2.75) is 53.1 Å². The summed E-state index contributed by atoms with van der Waals surface area (Å²) < 4.78 is 0. The number of rotatable bonds is 5. The average Bonchev–Trinajstić information content (AvgIpc) is 2.51. The summed E-state index contributed by atoms with van der Waals surface area (Å²) in [5.74, 6) is 1.12. The molecule has 0 heterocycles. The van der Waals surface area contributed by atoms with E-state index in [0.717, 1.165) is 18.4 Å². The van der Waals surface area contributed by atoms with E-state index in [0.29, 0.717) is 11.8 Å². The predicted molar refractivity (Wildman–Crippen MR) is 93.9 cm³/mol. The van der Waals surface area contributed by atoms with Gasteiger partial charge in [-0.3, -0.25) is 4.79 Å². The van der Waals surface area contributed by atoms with Gasteiger partial charge in [-0.15, -0.1) is 0 Å². The van der Waals surface area contributed by atoms with E-state index in [1.54, 1.807) is 0 Å². The van der Waals surface area contributed by atoms with Crippen LogP contribution in [-0.2, 0) is 4.79 Å². The highest BCUT2D eigenvalue weighted by Crippen LogP contribution is 2.44. The molecule has 1 aromatic carbocycles. The maximum Gasteiger partial charge on any atom is 0.223 e. The van der Waals surface area contributed by atoms with Gasteiger partial charge in [0, 0.05) is 12.5 Å². The second-order valence-corrected chi connectivity index (χ2v) is 8.09. The zero-order chi connectivity index (χ0) is 17.0. The summed E-state index contributed by atoms with van der Waals surface area (Å²) in [5.41, 5.74) is 1.07. The molecule has 0 bridgehead atoms. The molecule has 0 spiro atoms. The molecule has 23 heavy (non-hydrogen) atoms. The van der Waals surface area contributed by atoms with Crippen molar-refractivity contribution < 1.29 is 9.90 Å². The van der Waals surface area contributed by atoms with Crippen LogP contribution in [0.2, 0.25) is 0 Å². The lowest BCUT2D eigenvalue weighted by Gasteiger charge is -2.41. The molecule has 1 amide bonds. The Balaban J connectivity index is 1.97. The Bertz CT molecular complexity index is 510. The Labute approximate surface area is 140 Å². The summed E-state index contributed by atoms with van der Waals surface area (Å²) >= 11 is 0. The summed E-state index contributed by atoms with van der Waals surface area (Å²) in [5, 5.41) is 13.2. The molecule has 0 aliphatic heterocycles. The smallest absolute Gasteiger partial charge is 0.223 e. The Morgan fingerprint density at radius 3 is 2.57 bits per heavy atom. The number of aliphatic hydroxyl groups excluding tert-OH is 1. The third-order valence-corrected chi connectivity index (χ3v) is 5.29. The van der Waals surface area contributed by atoms with Gasteiger partial charge in [0.1, 0.15) is 0 Å². The molecule has 1 aliphatic carbocycles. The highest BCUT2D eigenvalue weighted by molar-refractivity contribution is 5.79. The molecule has 1 aliphatic rings. The molecule has 0 aromatic heterocycles. The second kappa shape index (κ2) is 7.48. The van der Waals surface area contributed by atoms with Gasteiger partial charge in [0.25, 0.3) is 0 Å². The van der Waals surface area contributed by atoms with Crippen molar-refractivity contribution in [2.24, 2.45) is 23.2 Å². The SMILES string of the molecule is CC(C)[C@H]1CCC(C)(C)C[C@@H]1C(=O)NCC(O)c1ccccc1. The first-order valence-electron chi connectivity index (χ1n) is 8.81. The van der Waals surface area contributed by atoms with E-state index in [2.05, 4.69) is 33.0 Å². The summed E-state index contributed by atoms with van der Waals surface area (Å²) in [7, 11) is 0. The Kier molecular flexibility index (Phi) is 5.85. The van der Waals surface area contributed by atoms with Gasteiger partial charge in [0.05, 0.1) is 6.10 Å². The maximum absolute atomic E-state index is 12.7. The van der Waals surface area contributed by atoms with Crippen molar-refractivity contribution in [1.29, 1.82) is 0 Å². The van der Waals surface area contributed by atoms with Crippen molar-refractivity contribution in [1.82, 2.24) is 5.32 Å². The van der Waals surface area contributed by atoms with Crippen LogP contribution in [0.3, 0.4) is 0 Å². The fourth-order valence-corrected chi connectivity index (χ4v) is 3.81. The molecule has 0 saturated heterocycles. The van der Waals surface area contributed by atoms with Crippen LogP contribution in [0.25, 0.3) is 0 Å². The number of hydrogen-bond acceptors (Lipinski definition) is 2. The van der Waals surface area contributed by atoms with Gasteiger partial charge in [-0.25, -0.2) is 0 Å². The van der Waals surface area contributed by atoms with Gasteiger partial charge in [-0.2, -0.15) is 0 Å². The fraction of sp³-hybridized carbons (Fsp3) is 0.650. The van der Waals surface area contributed by atoms with Crippen LogP contribution in [0.4, 0.5) is 0 Å². The molecule has 0 radical (unpaired) electrons. The number of carbonyl (C=O) groups is 1. The van der Waals surface area contributed by atoms with Crippen LogP contribution < -0.4 is 5.32 Å². The molecule has 3 heteroatoms. The molecule has 1 fully saturated rings. The minimum absolute atomic E-state index is 0.0572. The standard InChI is InChI=1S/C20H31NO2/c1-14(2)16-10-11-20(3,4)12-17(16)19(23)21-13-18(22)15-8-6-5-7-9-15/h5-9,14,16-18,22H,10-13H2,1-4H3,(H,21,23)/t16-,17+,18?/m1/s1. The van der Waals surface area contributed by atoms with Gasteiger partial charge >= 0.3 is 0 Å². The zero-order valence-electron chi connectivity index (χ0n) is 14.9. The molecule has 2 rings (SSSR count). The molecule has 1 unspecified atom stereocenters. The molecule has 1 aromatic rings. The van der Waals surface area contributed by atoms with E-state index in [1.165, 1.54) is 6.42 Å². The largest absolute Gasteiger partial charge is 0.387 e. The Morgan fingerprint density at radius 2 is 1.96 bits per heavy atom. The lowest BCUT2D eigenvalue weighted by molar-refractivity contribution is -0.131. The molecule has 3 atom stereocenters. The fourth-order valence-electron chi connectivity index (χ4n) is 3.81. The third kappa shape index (κ3) is 4.81. The van der Waals surface area contributed by atoms with E-state index < -0.39 is 6.10 Å². The summed E-state index contributed by atoms with van der Waals surface area (Å²) in [6.45, 7) is 9.21. The number of nitrogens with one attached hydrogen (secondary N) is 1. The quantitative estimate of drug-likeness (QED) is 0.864. The molecular formula is C20H31NO2. The van der Waals surface area contributed by atoms with E-state index in [9.17, 15) is 9.90 Å². The van der Waals surface area contributed by atoms with Gasteiger partial charge in [-0.1, -0.05) is 58.0 Å². The van der Waals surface area contributed by atoms with Gasteiger partial charge in [-0.05, 0) is 42.1 Å². The molecule has 2 N–H and O–H groups in total. The molecule has 128 valence electrons. The van der Waals surface area contributed by atoms with Crippen LogP contribution in [0.5, 0.6) is 0 Å². The lowest BCUT2D eigenvalue weighted by Crippen LogP contribution is -2.43. The van der Waals surface area contributed by atoms with Gasteiger partial charge in [0.2, 0.25) is 5.91 Å². The van der Waals surface area contributed by atoms with Crippen molar-refractivity contribution >= 4 is 5.91 Å². The number of carbonyl (C=O) groups excluding carboxylic acids is 1. The van der Waals surface area contributed by atoms with Gasteiger partial charge in [0.15, 0.2) is 0 Å². The van der Waals surface area contributed by atoms with E-state index in [1.807, 2.05) is 30.3 Å². The second-order valence-electron chi connectivity index (χ2n) is 8.09. The minimum Gasteiger partial charge on any atom is -0.387 e. The van der Waals surface area contributed by atoms with Crippen LogP contribution in [0, 0.1) is 23.2 Å². The van der Waals surface area contributed by atoms with E-state index in [-0.39, 0.29) is 23.8 Å². The Hall–Kier alpha value is -1.35. The summed E-state index contributed by atoms with van der Waals surface area (Å²) in [4.78, 5) is 12.7. The lowest BCUT2D eigenvalue weighted by atomic mass is 9.64. The molecule has 3 nitrogen and oxygen atoms in total. The minimum atomic E-state index is -0.644. The zero-order valence-corrected chi connectivity index (χ0v) is 14.9. The topological polar surface area (TPSA) is 49.3 Å². The Morgan fingerprint density at radius 1 is 1.30 bits per heavy atom. The monoisotopic (exact) mass is 317 g/mol. The summed E-state index contributed by atoms with van der Waals surface area (Å²) in [6.07, 6.45) is 2.59. The highest BCUT2D eigenvalue weighted by atomic mass is 16.3. The third-order valence-electron chi connectivity index (χ3n) is 5.29. The van der Waals surface area contributed by atoms with Crippen molar-refractivity contribution in [2.75, 3.05) is 6.54 Å². The first kappa shape index (κ1) is 18.0. The molecular weight excluding hydrogens is 286 g/mol. The predicted octanol–water partition coefficient (Wildman–Crippen LogP) is 3.93. The van der Waals surface area contributed by atoms with Crippen LogP contribution in [-0.4, -0.2) is 17.6 Å². The van der Waals surface area contributed by atoms with Gasteiger partial charge < -0.3 is 10.4 Å². The maximum atomic E-state index is 12.7. The summed E-state index contributed by atoms with van der Waals surface area (Å²) in [6, 6.07) is 9.50. The first-order valence-corrected chi connectivity index (χ1v) is 8.81. The van der Waals surface area contributed by atoms with E-state index in [4.69, 9.17) is 0 Å².